The lowest BCUT2D eigenvalue weighted by molar-refractivity contribution is -0.137. The van der Waals surface area contributed by atoms with Crippen molar-refractivity contribution in [3.63, 3.8) is 0 Å². The summed E-state index contributed by atoms with van der Waals surface area (Å²) in [5.74, 6) is -0.459. The summed E-state index contributed by atoms with van der Waals surface area (Å²) in [6.07, 6.45) is -1.92. The molecule has 3 aromatic rings. The highest BCUT2D eigenvalue weighted by Crippen LogP contribution is 2.33. The number of carbonyl (C=O) groups excluding carboxylic acids is 1. The van der Waals surface area contributed by atoms with E-state index in [1.165, 1.54) is 23.4 Å². The van der Waals surface area contributed by atoms with Gasteiger partial charge in [-0.25, -0.2) is 9.67 Å². The minimum absolute atomic E-state index is 0.00546. The second-order valence-corrected chi connectivity index (χ2v) is 6.72. The maximum absolute atomic E-state index is 13.0. The summed E-state index contributed by atoms with van der Waals surface area (Å²) in [4.78, 5) is 17.1. The molecule has 1 amide bonds. The molecule has 1 aromatic carbocycles. The molecule has 0 spiro atoms. The average Bonchev–Trinajstić information content (AvgIpc) is 3.32. The summed E-state index contributed by atoms with van der Waals surface area (Å²) in [5, 5.41) is 11.4. The standard InChI is InChI=1S/C17H16F3N5OS/c1-11(15-3-2-6-27-15)22-8-16(26)24-13-7-12(17(18,19)20)4-5-14(13)25-10-21-9-23-25/h2-7,9-11,22H,8H2,1H3,(H,24,26)/t11-/m1/s1. The minimum Gasteiger partial charge on any atom is -0.323 e. The van der Waals surface area contributed by atoms with Gasteiger partial charge in [-0.3, -0.25) is 4.79 Å². The Labute approximate surface area is 157 Å². The number of amides is 1. The van der Waals surface area contributed by atoms with E-state index in [0.717, 1.165) is 17.0 Å². The van der Waals surface area contributed by atoms with E-state index in [9.17, 15) is 18.0 Å². The number of nitrogens with one attached hydrogen (secondary N) is 2. The Bertz CT molecular complexity index is 894. The van der Waals surface area contributed by atoms with E-state index in [4.69, 9.17) is 0 Å². The Morgan fingerprint density at radius 2 is 2.15 bits per heavy atom. The number of hydrogen-bond donors (Lipinski definition) is 2. The lowest BCUT2D eigenvalue weighted by Crippen LogP contribution is -2.30. The second-order valence-electron chi connectivity index (χ2n) is 5.74. The van der Waals surface area contributed by atoms with Crippen LogP contribution in [0.5, 0.6) is 0 Å². The first kappa shape index (κ1) is 19.1. The van der Waals surface area contributed by atoms with Gasteiger partial charge < -0.3 is 10.6 Å². The van der Waals surface area contributed by atoms with Gasteiger partial charge in [0.15, 0.2) is 0 Å². The first-order valence-corrected chi connectivity index (χ1v) is 8.85. The molecule has 2 aromatic heterocycles. The molecule has 0 aliphatic carbocycles. The van der Waals surface area contributed by atoms with Gasteiger partial charge in [0.1, 0.15) is 12.7 Å². The number of benzene rings is 1. The third-order valence-corrected chi connectivity index (χ3v) is 4.86. The Hall–Kier alpha value is -2.72. The predicted octanol–water partition coefficient (Wildman–Crippen LogP) is 3.64. The second kappa shape index (κ2) is 7.89. The van der Waals surface area contributed by atoms with E-state index in [1.807, 2.05) is 24.4 Å². The van der Waals surface area contributed by atoms with Gasteiger partial charge in [0.25, 0.3) is 0 Å². The summed E-state index contributed by atoms with van der Waals surface area (Å²) in [7, 11) is 0. The topological polar surface area (TPSA) is 71.8 Å². The minimum atomic E-state index is -4.52. The molecule has 2 heterocycles. The van der Waals surface area contributed by atoms with Crippen LogP contribution in [0.3, 0.4) is 0 Å². The average molecular weight is 395 g/mol. The van der Waals surface area contributed by atoms with Crippen molar-refractivity contribution in [2.45, 2.75) is 19.1 Å². The lowest BCUT2D eigenvalue weighted by Gasteiger charge is -2.16. The van der Waals surface area contributed by atoms with Crippen molar-refractivity contribution in [2.75, 3.05) is 11.9 Å². The Kier molecular flexibility index (Phi) is 5.57. The van der Waals surface area contributed by atoms with E-state index >= 15 is 0 Å². The fourth-order valence-corrected chi connectivity index (χ4v) is 3.18. The van der Waals surface area contributed by atoms with Crippen LogP contribution in [0.25, 0.3) is 5.69 Å². The number of nitrogens with zero attached hydrogens (tertiary/aromatic N) is 3. The van der Waals surface area contributed by atoms with Crippen LogP contribution in [0.2, 0.25) is 0 Å². The van der Waals surface area contributed by atoms with Gasteiger partial charge in [-0.05, 0) is 36.6 Å². The van der Waals surface area contributed by atoms with E-state index < -0.39 is 17.6 Å². The first-order chi connectivity index (χ1) is 12.8. The van der Waals surface area contributed by atoms with Gasteiger partial charge in [-0.1, -0.05) is 6.07 Å². The van der Waals surface area contributed by atoms with Crippen LogP contribution in [0.15, 0.2) is 48.4 Å². The summed E-state index contributed by atoms with van der Waals surface area (Å²) >= 11 is 1.55. The number of carbonyl (C=O) groups is 1. The maximum atomic E-state index is 13.0. The molecule has 3 rings (SSSR count). The van der Waals surface area contributed by atoms with Crippen LogP contribution in [-0.4, -0.2) is 27.2 Å². The van der Waals surface area contributed by atoms with Crippen LogP contribution >= 0.6 is 11.3 Å². The Morgan fingerprint density at radius 3 is 2.78 bits per heavy atom. The fraction of sp³-hybridized carbons (Fsp3) is 0.235. The van der Waals surface area contributed by atoms with E-state index in [2.05, 4.69) is 20.7 Å². The number of halogens is 3. The summed E-state index contributed by atoms with van der Waals surface area (Å²) in [5.41, 5.74) is -0.562. The first-order valence-electron chi connectivity index (χ1n) is 7.97. The smallest absolute Gasteiger partial charge is 0.323 e. The van der Waals surface area contributed by atoms with Crippen LogP contribution in [0.4, 0.5) is 18.9 Å². The Morgan fingerprint density at radius 1 is 1.33 bits per heavy atom. The highest BCUT2D eigenvalue weighted by atomic mass is 32.1. The monoisotopic (exact) mass is 395 g/mol. The van der Waals surface area contributed by atoms with Crippen molar-refractivity contribution in [1.29, 1.82) is 0 Å². The Balaban J connectivity index is 1.76. The van der Waals surface area contributed by atoms with Crippen molar-refractivity contribution in [3.8, 4) is 5.69 Å². The molecular weight excluding hydrogens is 379 g/mol. The summed E-state index contributed by atoms with van der Waals surface area (Å²) in [6, 6.07) is 6.87. The number of thiophene rings is 1. The van der Waals surface area contributed by atoms with E-state index in [0.29, 0.717) is 5.69 Å². The van der Waals surface area contributed by atoms with Crippen LogP contribution < -0.4 is 10.6 Å². The number of rotatable bonds is 6. The number of aromatic nitrogens is 3. The van der Waals surface area contributed by atoms with E-state index in [-0.39, 0.29) is 18.3 Å². The summed E-state index contributed by atoms with van der Waals surface area (Å²) in [6.45, 7) is 1.86. The zero-order chi connectivity index (χ0) is 19.4. The molecule has 142 valence electrons. The SMILES string of the molecule is C[C@@H](NCC(=O)Nc1cc(C(F)(F)F)ccc1-n1cncn1)c1cccs1. The quantitative estimate of drug-likeness (QED) is 0.669. The zero-order valence-electron chi connectivity index (χ0n) is 14.2. The van der Waals surface area contributed by atoms with Gasteiger partial charge >= 0.3 is 6.18 Å². The normalized spacial score (nSPS) is 12.7. The summed E-state index contributed by atoms with van der Waals surface area (Å²) < 4.78 is 40.4. The van der Waals surface area contributed by atoms with Crippen molar-refractivity contribution in [3.05, 3.63) is 58.8 Å². The molecule has 0 bridgehead atoms. The van der Waals surface area contributed by atoms with Crippen LogP contribution in [0, 0.1) is 0 Å². The molecule has 2 N–H and O–H groups in total. The van der Waals surface area contributed by atoms with Gasteiger partial charge in [-0.15, -0.1) is 11.3 Å². The van der Waals surface area contributed by atoms with Gasteiger partial charge in [0.2, 0.25) is 5.91 Å². The molecule has 0 aliphatic rings. The maximum Gasteiger partial charge on any atom is 0.416 e. The third kappa shape index (κ3) is 4.72. The van der Waals surface area contributed by atoms with Gasteiger partial charge in [0.05, 0.1) is 23.5 Å². The van der Waals surface area contributed by atoms with Gasteiger partial charge in [-0.2, -0.15) is 18.3 Å². The molecule has 1 atom stereocenters. The highest BCUT2D eigenvalue weighted by Gasteiger charge is 2.31. The largest absolute Gasteiger partial charge is 0.416 e. The molecule has 10 heteroatoms. The predicted molar refractivity (Wildman–Crippen MR) is 95.7 cm³/mol. The highest BCUT2D eigenvalue weighted by molar-refractivity contribution is 7.10. The molecular formula is C17H16F3N5OS. The fourth-order valence-electron chi connectivity index (χ4n) is 2.42. The lowest BCUT2D eigenvalue weighted by atomic mass is 10.1. The van der Waals surface area contributed by atoms with Crippen LogP contribution in [-0.2, 0) is 11.0 Å². The number of anilines is 1. The van der Waals surface area contributed by atoms with Crippen molar-refractivity contribution in [1.82, 2.24) is 20.1 Å². The molecule has 0 saturated heterocycles. The van der Waals surface area contributed by atoms with Crippen LogP contribution in [0.1, 0.15) is 23.4 Å². The van der Waals surface area contributed by atoms with Crippen molar-refractivity contribution < 1.29 is 18.0 Å². The molecule has 0 unspecified atom stereocenters. The molecule has 27 heavy (non-hydrogen) atoms. The van der Waals surface area contributed by atoms with Crippen molar-refractivity contribution in [2.24, 2.45) is 0 Å². The van der Waals surface area contributed by atoms with E-state index in [1.54, 1.807) is 11.3 Å². The molecule has 0 radical (unpaired) electrons. The zero-order valence-corrected chi connectivity index (χ0v) is 15.0. The molecule has 0 saturated carbocycles. The molecule has 0 aliphatic heterocycles. The van der Waals surface area contributed by atoms with Gasteiger partial charge in [0, 0.05) is 10.9 Å². The van der Waals surface area contributed by atoms with Crippen molar-refractivity contribution >= 4 is 22.9 Å². The molecule has 6 nitrogen and oxygen atoms in total. The number of alkyl halides is 3. The third-order valence-electron chi connectivity index (χ3n) is 3.80. The molecule has 0 fully saturated rings. The number of hydrogen-bond acceptors (Lipinski definition) is 5.